The second-order valence-electron chi connectivity index (χ2n) is 2.43. The van der Waals surface area contributed by atoms with E-state index in [4.69, 9.17) is 9.47 Å². The lowest BCUT2D eigenvalue weighted by atomic mass is 10.3. The first-order valence-corrected chi connectivity index (χ1v) is 4.29. The second-order valence-corrected chi connectivity index (χ2v) is 2.43. The molecule has 0 fully saturated rings. The lowest BCUT2D eigenvalue weighted by molar-refractivity contribution is 0.128. The van der Waals surface area contributed by atoms with Crippen molar-refractivity contribution >= 4 is 0 Å². The molecule has 0 unspecified atom stereocenters. The summed E-state index contributed by atoms with van der Waals surface area (Å²) < 4.78 is 10.4. The van der Waals surface area contributed by atoms with Crippen molar-refractivity contribution in [3.05, 3.63) is 25.3 Å². The highest BCUT2D eigenvalue weighted by atomic mass is 16.5. The van der Waals surface area contributed by atoms with Crippen LogP contribution in [0.3, 0.4) is 0 Å². The lowest BCUT2D eigenvalue weighted by Crippen LogP contribution is -1.98. The van der Waals surface area contributed by atoms with Gasteiger partial charge in [0.15, 0.2) is 0 Å². The number of unbranched alkanes of at least 4 members (excludes halogenated alkanes) is 1. The van der Waals surface area contributed by atoms with Gasteiger partial charge in [-0.15, -0.1) is 13.2 Å². The Morgan fingerprint density at radius 3 is 1.58 bits per heavy atom. The van der Waals surface area contributed by atoms with Gasteiger partial charge < -0.3 is 9.47 Å². The van der Waals surface area contributed by atoms with Crippen LogP contribution in [0, 0.1) is 0 Å². The van der Waals surface area contributed by atoms with Gasteiger partial charge in [-0.1, -0.05) is 12.2 Å². The molecule has 70 valence electrons. The minimum absolute atomic E-state index is 0.646. The largest absolute Gasteiger partial charge is 0.377 e. The first-order chi connectivity index (χ1) is 5.91. The van der Waals surface area contributed by atoms with Crippen molar-refractivity contribution in [1.82, 2.24) is 0 Å². The zero-order chi connectivity index (χ0) is 9.07. The van der Waals surface area contributed by atoms with Gasteiger partial charge in [0.2, 0.25) is 0 Å². The molecule has 0 aromatic heterocycles. The molecule has 0 saturated carbocycles. The average molecular weight is 170 g/mol. The summed E-state index contributed by atoms with van der Waals surface area (Å²) in [5.41, 5.74) is 0. The van der Waals surface area contributed by atoms with Crippen molar-refractivity contribution in [2.75, 3.05) is 26.4 Å². The highest BCUT2D eigenvalue weighted by molar-refractivity contribution is 4.64. The van der Waals surface area contributed by atoms with Gasteiger partial charge in [-0.3, -0.25) is 0 Å². The van der Waals surface area contributed by atoms with Crippen LogP contribution in [0.1, 0.15) is 12.8 Å². The summed E-state index contributed by atoms with van der Waals surface area (Å²) in [5.74, 6) is 0. The van der Waals surface area contributed by atoms with Crippen molar-refractivity contribution in [2.24, 2.45) is 0 Å². The number of hydrogen-bond acceptors (Lipinski definition) is 2. The molecule has 0 aromatic rings. The Kier molecular flexibility index (Phi) is 9.88. The molecule has 2 heteroatoms. The Labute approximate surface area is 74.9 Å². The highest BCUT2D eigenvalue weighted by Crippen LogP contribution is 1.91. The molecule has 0 atom stereocenters. The average Bonchev–Trinajstić information content (AvgIpc) is 2.10. The SMILES string of the molecule is C=CCOCCCCOCC=C. The molecule has 0 aliphatic rings. The maximum Gasteiger partial charge on any atom is 0.0644 e. The molecule has 0 aromatic carbocycles. The van der Waals surface area contributed by atoms with E-state index in [1.165, 1.54) is 0 Å². The van der Waals surface area contributed by atoms with Gasteiger partial charge in [0, 0.05) is 13.2 Å². The van der Waals surface area contributed by atoms with Gasteiger partial charge in [-0.05, 0) is 12.8 Å². The fraction of sp³-hybridized carbons (Fsp3) is 0.600. The summed E-state index contributed by atoms with van der Waals surface area (Å²) in [6.07, 6.45) is 5.61. The molecule has 0 aliphatic carbocycles. The van der Waals surface area contributed by atoms with Crippen molar-refractivity contribution in [2.45, 2.75) is 12.8 Å². The zero-order valence-electron chi connectivity index (χ0n) is 7.63. The molecule has 0 amide bonds. The van der Waals surface area contributed by atoms with Crippen molar-refractivity contribution in [1.29, 1.82) is 0 Å². The summed E-state index contributed by atoms with van der Waals surface area (Å²) in [4.78, 5) is 0. The summed E-state index contributed by atoms with van der Waals surface area (Å²) >= 11 is 0. The van der Waals surface area contributed by atoms with Crippen molar-refractivity contribution in [3.8, 4) is 0 Å². The third kappa shape index (κ3) is 9.40. The number of ether oxygens (including phenoxy) is 2. The second kappa shape index (κ2) is 10.4. The van der Waals surface area contributed by atoms with Crippen LogP contribution in [0.4, 0.5) is 0 Å². The van der Waals surface area contributed by atoms with E-state index in [1.54, 1.807) is 12.2 Å². The Balaban J connectivity index is 2.81. The maximum absolute atomic E-state index is 5.20. The quantitative estimate of drug-likeness (QED) is 0.390. The van der Waals surface area contributed by atoms with Gasteiger partial charge in [0.1, 0.15) is 0 Å². The minimum Gasteiger partial charge on any atom is -0.377 e. The Morgan fingerprint density at radius 1 is 0.833 bits per heavy atom. The summed E-state index contributed by atoms with van der Waals surface area (Å²) in [6, 6.07) is 0. The van der Waals surface area contributed by atoms with Crippen LogP contribution in [0.25, 0.3) is 0 Å². The highest BCUT2D eigenvalue weighted by Gasteiger charge is 1.87. The molecule has 0 heterocycles. The fourth-order valence-electron chi connectivity index (χ4n) is 0.742. The molecule has 0 rings (SSSR count). The number of hydrogen-bond donors (Lipinski definition) is 0. The first-order valence-electron chi connectivity index (χ1n) is 4.29. The molecule has 0 N–H and O–H groups in total. The predicted octanol–water partition coefficient (Wildman–Crippen LogP) is 2.17. The van der Waals surface area contributed by atoms with Gasteiger partial charge in [-0.25, -0.2) is 0 Å². The first kappa shape index (κ1) is 11.4. The molecule has 12 heavy (non-hydrogen) atoms. The van der Waals surface area contributed by atoms with Crippen LogP contribution in [0.5, 0.6) is 0 Å². The van der Waals surface area contributed by atoms with E-state index in [1.807, 2.05) is 0 Å². The molecule has 0 aliphatic heterocycles. The fourth-order valence-corrected chi connectivity index (χ4v) is 0.742. The van der Waals surface area contributed by atoms with Crippen LogP contribution in [-0.2, 0) is 9.47 Å². The van der Waals surface area contributed by atoms with E-state index in [0.29, 0.717) is 13.2 Å². The summed E-state index contributed by atoms with van der Waals surface area (Å²) in [7, 11) is 0. The molecule has 0 bridgehead atoms. The molecule has 0 spiro atoms. The number of rotatable bonds is 9. The standard InChI is InChI=1S/C10H18O2/c1-3-7-11-9-5-6-10-12-8-4-2/h3-4H,1-2,5-10H2. The van der Waals surface area contributed by atoms with Crippen LogP contribution in [0.2, 0.25) is 0 Å². The van der Waals surface area contributed by atoms with E-state index in [-0.39, 0.29) is 0 Å². The third-order valence-corrected chi connectivity index (χ3v) is 1.30. The van der Waals surface area contributed by atoms with Crippen LogP contribution < -0.4 is 0 Å². The van der Waals surface area contributed by atoms with Gasteiger partial charge in [0.05, 0.1) is 13.2 Å². The minimum atomic E-state index is 0.646. The molecular weight excluding hydrogens is 152 g/mol. The van der Waals surface area contributed by atoms with E-state index in [0.717, 1.165) is 26.1 Å². The maximum atomic E-state index is 5.20. The molecular formula is C10H18O2. The monoisotopic (exact) mass is 170 g/mol. The van der Waals surface area contributed by atoms with Crippen molar-refractivity contribution in [3.63, 3.8) is 0 Å². The zero-order valence-corrected chi connectivity index (χ0v) is 7.63. The molecule has 0 radical (unpaired) electrons. The van der Waals surface area contributed by atoms with Gasteiger partial charge in [-0.2, -0.15) is 0 Å². The van der Waals surface area contributed by atoms with E-state index < -0.39 is 0 Å². The summed E-state index contributed by atoms with van der Waals surface area (Å²) in [5, 5.41) is 0. The Hall–Kier alpha value is -0.600. The van der Waals surface area contributed by atoms with Crippen LogP contribution in [0.15, 0.2) is 25.3 Å². The van der Waals surface area contributed by atoms with Gasteiger partial charge >= 0.3 is 0 Å². The van der Waals surface area contributed by atoms with Gasteiger partial charge in [0.25, 0.3) is 0 Å². The Morgan fingerprint density at radius 2 is 1.25 bits per heavy atom. The van der Waals surface area contributed by atoms with E-state index in [2.05, 4.69) is 13.2 Å². The molecule has 2 nitrogen and oxygen atoms in total. The van der Waals surface area contributed by atoms with Crippen LogP contribution in [-0.4, -0.2) is 26.4 Å². The Bertz CT molecular complexity index is 96.4. The van der Waals surface area contributed by atoms with E-state index in [9.17, 15) is 0 Å². The predicted molar refractivity (Wildman–Crippen MR) is 51.3 cm³/mol. The smallest absolute Gasteiger partial charge is 0.0644 e. The lowest BCUT2D eigenvalue weighted by Gasteiger charge is -2.01. The summed E-state index contributed by atoms with van der Waals surface area (Å²) in [6.45, 7) is 10.00. The molecule has 0 saturated heterocycles. The van der Waals surface area contributed by atoms with E-state index >= 15 is 0 Å². The van der Waals surface area contributed by atoms with Crippen molar-refractivity contribution < 1.29 is 9.47 Å². The normalized spacial score (nSPS) is 9.67. The third-order valence-electron chi connectivity index (χ3n) is 1.30. The van der Waals surface area contributed by atoms with Crippen LogP contribution >= 0.6 is 0 Å². The topological polar surface area (TPSA) is 18.5 Å².